The van der Waals surface area contributed by atoms with Crippen LogP contribution in [0.3, 0.4) is 0 Å². The first-order chi connectivity index (χ1) is 32.8. The Bertz CT molecular complexity index is 2930. The summed E-state index contributed by atoms with van der Waals surface area (Å²) in [6.07, 6.45) is 7.71. The molecule has 9 heteroatoms. The van der Waals surface area contributed by atoms with Crippen molar-refractivity contribution in [3.63, 3.8) is 0 Å². The fourth-order valence-electron chi connectivity index (χ4n) is 8.85. The zero-order valence-electron chi connectivity index (χ0n) is 39.4. The maximum absolute atomic E-state index is 13.9. The number of aromatic nitrogens is 2. The minimum absolute atomic E-state index is 0.0561. The lowest BCUT2D eigenvalue weighted by Gasteiger charge is -2.22. The molecular formula is C59H61N3O6. The molecule has 8 rings (SSSR count). The summed E-state index contributed by atoms with van der Waals surface area (Å²) < 4.78 is 3.65. The number of aryl methyl sites for hydroxylation is 2. The Hall–Kier alpha value is -7.52. The second kappa shape index (κ2) is 22.8. The molecule has 2 heterocycles. The van der Waals surface area contributed by atoms with Crippen molar-refractivity contribution in [3.8, 4) is 0 Å². The molecule has 0 aliphatic rings. The number of carboxylic acid groups (broad SMARTS) is 2. The molecule has 0 fully saturated rings. The molecule has 6 aromatic carbocycles. The molecule has 348 valence electrons. The van der Waals surface area contributed by atoms with Crippen LogP contribution in [0.2, 0.25) is 0 Å². The normalized spacial score (nSPS) is 11.3. The standard InChI is InChI=1S/C40H44N2O3.C19H17NO3/c1-27(2)23-29-14-18-31(19-15-29)39(32-20-16-30(17-21-32)24-28(3)4)41-34-10-7-9-33(25-34)40(45)36-26-42(22-8-13-38(43)44)37-12-6-5-11-35(36)37;21-18(22)12-6-9-15-13-20(17-11-5-4-10-16(15)17)19(23)14-7-2-1-3-8-14/h5-7,9-12,14-21,25-28,39,41H,8,13,22-24H2,1-4H3,(H,43,44);1-5,7-8,10-11,13H,6,9,12H2,(H,21,22). The van der Waals surface area contributed by atoms with Crippen LogP contribution < -0.4 is 5.32 Å². The van der Waals surface area contributed by atoms with Crippen molar-refractivity contribution >= 4 is 51.1 Å². The zero-order valence-corrected chi connectivity index (χ0v) is 39.4. The lowest BCUT2D eigenvalue weighted by Crippen LogP contribution is -2.13. The number of anilines is 1. The maximum Gasteiger partial charge on any atom is 0.303 e. The van der Waals surface area contributed by atoms with Gasteiger partial charge in [0.25, 0.3) is 5.91 Å². The van der Waals surface area contributed by atoms with Gasteiger partial charge in [-0.3, -0.25) is 23.7 Å². The molecule has 0 aliphatic heterocycles. The Morgan fingerprint density at radius 1 is 0.559 bits per heavy atom. The second-order valence-electron chi connectivity index (χ2n) is 18.4. The maximum atomic E-state index is 13.9. The van der Waals surface area contributed by atoms with Gasteiger partial charge < -0.3 is 20.1 Å². The van der Waals surface area contributed by atoms with E-state index >= 15 is 0 Å². The average Bonchev–Trinajstić information content (AvgIpc) is 3.89. The zero-order chi connectivity index (χ0) is 48.2. The highest BCUT2D eigenvalue weighted by atomic mass is 16.4. The molecule has 0 spiro atoms. The summed E-state index contributed by atoms with van der Waals surface area (Å²) in [5, 5.41) is 23.5. The predicted octanol–water partition coefficient (Wildman–Crippen LogP) is 13.1. The number of para-hydroxylation sites is 2. The Labute approximate surface area is 399 Å². The van der Waals surface area contributed by atoms with Gasteiger partial charge in [-0.25, -0.2) is 0 Å². The summed E-state index contributed by atoms with van der Waals surface area (Å²) >= 11 is 0. The molecule has 8 aromatic rings. The van der Waals surface area contributed by atoms with Crippen LogP contribution in [-0.4, -0.2) is 43.0 Å². The second-order valence-corrected chi connectivity index (χ2v) is 18.4. The smallest absolute Gasteiger partial charge is 0.303 e. The summed E-state index contributed by atoms with van der Waals surface area (Å²) in [6, 6.07) is 50.1. The number of rotatable bonds is 19. The van der Waals surface area contributed by atoms with E-state index in [-0.39, 0.29) is 30.6 Å². The fourth-order valence-corrected chi connectivity index (χ4v) is 8.85. The van der Waals surface area contributed by atoms with Gasteiger partial charge in [0.1, 0.15) is 0 Å². The van der Waals surface area contributed by atoms with Crippen molar-refractivity contribution in [2.24, 2.45) is 11.8 Å². The van der Waals surface area contributed by atoms with Gasteiger partial charge in [0.05, 0.1) is 11.6 Å². The molecule has 0 saturated carbocycles. The van der Waals surface area contributed by atoms with Crippen LogP contribution in [0.4, 0.5) is 5.69 Å². The van der Waals surface area contributed by atoms with Crippen LogP contribution in [-0.2, 0) is 35.4 Å². The number of benzene rings is 6. The Morgan fingerprint density at radius 2 is 1.10 bits per heavy atom. The fraction of sp³-hybridized carbons (Fsp3) is 0.254. The third-order valence-electron chi connectivity index (χ3n) is 12.0. The number of hydrogen-bond donors (Lipinski definition) is 3. The third kappa shape index (κ3) is 12.5. The first kappa shape index (κ1) is 48.4. The van der Waals surface area contributed by atoms with Crippen LogP contribution in [0.15, 0.2) is 164 Å². The molecule has 0 aliphatic carbocycles. The van der Waals surface area contributed by atoms with Gasteiger partial charge in [-0.2, -0.15) is 0 Å². The summed E-state index contributed by atoms with van der Waals surface area (Å²) in [5.74, 6) is -0.558. The van der Waals surface area contributed by atoms with Crippen molar-refractivity contribution in [3.05, 3.63) is 209 Å². The highest BCUT2D eigenvalue weighted by molar-refractivity contribution is 6.16. The molecule has 2 aromatic heterocycles. The van der Waals surface area contributed by atoms with Gasteiger partial charge >= 0.3 is 11.9 Å². The number of nitrogens with zero attached hydrogens (tertiary/aromatic N) is 2. The van der Waals surface area contributed by atoms with E-state index in [0.29, 0.717) is 54.3 Å². The number of ketones is 1. The van der Waals surface area contributed by atoms with E-state index in [2.05, 4.69) is 81.5 Å². The van der Waals surface area contributed by atoms with Crippen molar-refractivity contribution < 1.29 is 29.4 Å². The van der Waals surface area contributed by atoms with Gasteiger partial charge in [0.2, 0.25) is 0 Å². The van der Waals surface area contributed by atoms with Crippen LogP contribution in [0.25, 0.3) is 21.8 Å². The highest BCUT2D eigenvalue weighted by Crippen LogP contribution is 2.31. The van der Waals surface area contributed by atoms with Crippen LogP contribution >= 0.6 is 0 Å². The largest absolute Gasteiger partial charge is 0.481 e. The van der Waals surface area contributed by atoms with Crippen molar-refractivity contribution in [1.29, 1.82) is 0 Å². The first-order valence-electron chi connectivity index (χ1n) is 23.6. The lowest BCUT2D eigenvalue weighted by molar-refractivity contribution is -0.138. The third-order valence-corrected chi connectivity index (χ3v) is 12.0. The van der Waals surface area contributed by atoms with E-state index in [4.69, 9.17) is 10.2 Å². The SMILES string of the molecule is CC(C)Cc1ccc(C(Nc2cccc(C(=O)c3cn(CCCC(=O)O)c4ccccc34)c2)c2ccc(CC(C)C)cc2)cc1.O=C(O)CCCc1cn(C(=O)c2ccccc2)c2ccccc12. The van der Waals surface area contributed by atoms with E-state index in [9.17, 15) is 19.2 Å². The summed E-state index contributed by atoms with van der Waals surface area (Å²) in [4.78, 5) is 48.4. The van der Waals surface area contributed by atoms with Crippen molar-refractivity contribution in [1.82, 2.24) is 9.13 Å². The van der Waals surface area contributed by atoms with Crippen molar-refractivity contribution in [2.45, 2.75) is 85.2 Å². The summed E-state index contributed by atoms with van der Waals surface area (Å²) in [6.45, 7) is 9.49. The van der Waals surface area contributed by atoms with Crippen LogP contribution in [0.1, 0.15) is 114 Å². The van der Waals surface area contributed by atoms with Crippen molar-refractivity contribution in [2.75, 3.05) is 5.32 Å². The Morgan fingerprint density at radius 3 is 1.71 bits per heavy atom. The predicted molar refractivity (Wildman–Crippen MR) is 273 cm³/mol. The quantitative estimate of drug-likeness (QED) is 0.0689. The van der Waals surface area contributed by atoms with E-state index < -0.39 is 11.9 Å². The van der Waals surface area contributed by atoms with Gasteiger partial charge in [-0.05, 0) is 108 Å². The molecule has 0 amide bonds. The van der Waals surface area contributed by atoms with Crippen LogP contribution in [0, 0.1) is 11.8 Å². The Balaban J connectivity index is 0.000000248. The number of hydrogen-bond acceptors (Lipinski definition) is 5. The first-order valence-corrected chi connectivity index (χ1v) is 23.6. The monoisotopic (exact) mass is 907 g/mol. The van der Waals surface area contributed by atoms with Gasteiger partial charge in [-0.1, -0.05) is 143 Å². The molecule has 0 bridgehead atoms. The molecule has 3 N–H and O–H groups in total. The number of aliphatic carboxylic acids is 2. The van der Waals surface area contributed by atoms with Crippen LogP contribution in [0.5, 0.6) is 0 Å². The highest BCUT2D eigenvalue weighted by Gasteiger charge is 2.20. The number of carboxylic acids is 2. The number of fused-ring (bicyclic) bond motifs is 2. The molecule has 68 heavy (non-hydrogen) atoms. The molecule has 0 radical (unpaired) electrons. The Kier molecular flexibility index (Phi) is 16.2. The van der Waals surface area contributed by atoms with E-state index in [1.54, 1.807) is 16.7 Å². The van der Waals surface area contributed by atoms with Gasteiger partial charge in [0.15, 0.2) is 5.78 Å². The van der Waals surface area contributed by atoms with Gasteiger partial charge in [-0.15, -0.1) is 0 Å². The molecule has 0 unspecified atom stereocenters. The van der Waals surface area contributed by atoms with Gasteiger partial charge in [0, 0.05) is 70.4 Å². The minimum atomic E-state index is -0.816. The number of carbonyl (C=O) groups excluding carboxylic acids is 2. The van der Waals surface area contributed by atoms with E-state index in [1.165, 1.54) is 22.3 Å². The average molecular weight is 908 g/mol. The summed E-state index contributed by atoms with van der Waals surface area (Å²) in [5.41, 5.74) is 10.5. The molecule has 0 atom stereocenters. The number of carbonyl (C=O) groups is 4. The molecule has 9 nitrogen and oxygen atoms in total. The summed E-state index contributed by atoms with van der Waals surface area (Å²) in [7, 11) is 0. The lowest BCUT2D eigenvalue weighted by atomic mass is 9.93. The molecule has 0 saturated heterocycles. The van der Waals surface area contributed by atoms with E-state index in [0.717, 1.165) is 45.9 Å². The van der Waals surface area contributed by atoms with E-state index in [1.807, 2.05) is 108 Å². The topological polar surface area (TPSA) is 131 Å². The molecular weight excluding hydrogens is 847 g/mol. The minimum Gasteiger partial charge on any atom is -0.481 e. The number of nitrogens with one attached hydrogen (secondary N) is 1.